The summed E-state index contributed by atoms with van der Waals surface area (Å²) in [4.78, 5) is 20.2. The number of halogens is 1. The minimum Gasteiger partial charge on any atom is -0.351 e. The van der Waals surface area contributed by atoms with Crippen molar-refractivity contribution in [2.75, 3.05) is 11.9 Å². The van der Waals surface area contributed by atoms with E-state index >= 15 is 0 Å². The number of para-hydroxylation sites is 1. The fraction of sp³-hybridized carbons (Fsp3) is 0.267. The summed E-state index contributed by atoms with van der Waals surface area (Å²) in [6.45, 7) is 4.23. The maximum Gasteiger partial charge on any atom is 0.270 e. The van der Waals surface area contributed by atoms with Crippen LogP contribution in [0.2, 0.25) is 0 Å². The summed E-state index contributed by atoms with van der Waals surface area (Å²) >= 11 is 0. The molecule has 1 amide bonds. The van der Waals surface area contributed by atoms with E-state index in [1.54, 1.807) is 25.1 Å². The molecule has 0 radical (unpaired) electrons. The third-order valence-corrected chi connectivity index (χ3v) is 2.74. The number of rotatable bonds is 5. The van der Waals surface area contributed by atoms with Gasteiger partial charge in [0.15, 0.2) is 0 Å². The van der Waals surface area contributed by atoms with E-state index in [4.69, 9.17) is 0 Å². The van der Waals surface area contributed by atoms with Crippen molar-refractivity contribution < 1.29 is 9.18 Å². The Kier molecular flexibility index (Phi) is 4.81. The van der Waals surface area contributed by atoms with Gasteiger partial charge in [0.25, 0.3) is 5.91 Å². The van der Waals surface area contributed by atoms with E-state index in [1.165, 1.54) is 12.1 Å². The Labute approximate surface area is 122 Å². The maximum absolute atomic E-state index is 13.6. The topological polar surface area (TPSA) is 66.9 Å². The van der Waals surface area contributed by atoms with Crippen LogP contribution >= 0.6 is 0 Å². The largest absolute Gasteiger partial charge is 0.351 e. The summed E-state index contributed by atoms with van der Waals surface area (Å²) < 4.78 is 13.6. The van der Waals surface area contributed by atoms with E-state index in [-0.39, 0.29) is 17.4 Å². The van der Waals surface area contributed by atoms with Crippen molar-refractivity contribution in [3.63, 3.8) is 0 Å². The van der Waals surface area contributed by atoms with Crippen molar-refractivity contribution in [3.05, 3.63) is 47.7 Å². The molecule has 21 heavy (non-hydrogen) atoms. The van der Waals surface area contributed by atoms with E-state index in [9.17, 15) is 9.18 Å². The second-order valence-corrected chi connectivity index (χ2v) is 4.55. The van der Waals surface area contributed by atoms with Crippen molar-refractivity contribution in [2.45, 2.75) is 20.3 Å². The van der Waals surface area contributed by atoms with Gasteiger partial charge in [0.1, 0.15) is 23.2 Å². The first-order valence-electron chi connectivity index (χ1n) is 6.75. The molecule has 0 saturated carbocycles. The van der Waals surface area contributed by atoms with Gasteiger partial charge in [-0.3, -0.25) is 4.79 Å². The highest BCUT2D eigenvalue weighted by molar-refractivity contribution is 5.93. The van der Waals surface area contributed by atoms with Crippen molar-refractivity contribution in [3.8, 4) is 0 Å². The van der Waals surface area contributed by atoms with E-state index in [2.05, 4.69) is 20.6 Å². The fourth-order valence-electron chi connectivity index (χ4n) is 1.78. The standard InChI is InChI=1S/C15H17FN4O/c1-3-8-17-15(21)13-9-14(19-10(2)18-13)20-12-7-5-4-6-11(12)16/h4-7,9H,3,8H2,1-2H3,(H,17,21)(H,18,19,20). The van der Waals surface area contributed by atoms with Crippen LogP contribution in [-0.4, -0.2) is 22.4 Å². The number of hydrogen-bond donors (Lipinski definition) is 2. The Morgan fingerprint density at radius 1 is 1.29 bits per heavy atom. The number of carbonyl (C=O) groups excluding carboxylic acids is 1. The summed E-state index contributed by atoms with van der Waals surface area (Å²) in [6, 6.07) is 7.78. The van der Waals surface area contributed by atoms with Crippen LogP contribution in [0, 0.1) is 12.7 Å². The van der Waals surface area contributed by atoms with Gasteiger partial charge in [-0.1, -0.05) is 19.1 Å². The average Bonchev–Trinajstić information content (AvgIpc) is 2.46. The van der Waals surface area contributed by atoms with Gasteiger partial charge in [0, 0.05) is 12.6 Å². The summed E-state index contributed by atoms with van der Waals surface area (Å²) in [5.74, 6) is 0.178. The highest BCUT2D eigenvalue weighted by Crippen LogP contribution is 2.18. The molecule has 1 aromatic carbocycles. The quantitative estimate of drug-likeness (QED) is 0.888. The first-order chi connectivity index (χ1) is 10.1. The molecule has 5 nitrogen and oxygen atoms in total. The van der Waals surface area contributed by atoms with E-state index < -0.39 is 0 Å². The van der Waals surface area contributed by atoms with Crippen LogP contribution < -0.4 is 10.6 Å². The molecule has 0 unspecified atom stereocenters. The minimum absolute atomic E-state index is 0.259. The van der Waals surface area contributed by atoms with Crippen LogP contribution in [0.5, 0.6) is 0 Å². The van der Waals surface area contributed by atoms with Crippen molar-refractivity contribution in [2.24, 2.45) is 0 Å². The maximum atomic E-state index is 13.6. The SMILES string of the molecule is CCCNC(=O)c1cc(Nc2ccccc2F)nc(C)n1. The lowest BCUT2D eigenvalue weighted by molar-refractivity contribution is 0.0948. The molecule has 0 aliphatic carbocycles. The van der Waals surface area contributed by atoms with Crippen LogP contribution in [0.1, 0.15) is 29.7 Å². The minimum atomic E-state index is -0.384. The number of nitrogens with zero attached hydrogens (tertiary/aromatic N) is 2. The first kappa shape index (κ1) is 14.9. The molecule has 0 bridgehead atoms. The number of nitrogens with one attached hydrogen (secondary N) is 2. The molecule has 2 N–H and O–H groups in total. The molecule has 0 aliphatic rings. The second-order valence-electron chi connectivity index (χ2n) is 4.55. The second kappa shape index (κ2) is 6.78. The van der Waals surface area contributed by atoms with E-state index in [1.807, 2.05) is 6.92 Å². The lowest BCUT2D eigenvalue weighted by Gasteiger charge is -2.09. The van der Waals surface area contributed by atoms with Gasteiger partial charge in [0.05, 0.1) is 5.69 Å². The molecular formula is C15H17FN4O. The van der Waals surface area contributed by atoms with E-state index in [0.29, 0.717) is 23.9 Å². The molecule has 1 heterocycles. The molecular weight excluding hydrogens is 271 g/mol. The molecule has 0 fully saturated rings. The Balaban J connectivity index is 2.23. The van der Waals surface area contributed by atoms with Gasteiger partial charge >= 0.3 is 0 Å². The molecule has 1 aromatic heterocycles. The van der Waals surface area contributed by atoms with Crippen LogP contribution in [0.25, 0.3) is 0 Å². The van der Waals surface area contributed by atoms with Crippen molar-refractivity contribution >= 4 is 17.4 Å². The number of hydrogen-bond acceptors (Lipinski definition) is 4. The zero-order valence-electron chi connectivity index (χ0n) is 12.0. The number of aromatic nitrogens is 2. The summed E-state index contributed by atoms with van der Waals surface area (Å²) in [5.41, 5.74) is 0.560. The van der Waals surface area contributed by atoms with Gasteiger partial charge in [0.2, 0.25) is 0 Å². The lowest BCUT2D eigenvalue weighted by atomic mass is 10.3. The molecule has 0 saturated heterocycles. The van der Waals surface area contributed by atoms with Crippen LogP contribution in [0.3, 0.4) is 0 Å². The van der Waals surface area contributed by atoms with Gasteiger partial charge in [-0.15, -0.1) is 0 Å². The monoisotopic (exact) mass is 288 g/mol. The molecule has 0 aliphatic heterocycles. The summed E-state index contributed by atoms with van der Waals surface area (Å²) in [6.07, 6.45) is 0.843. The first-order valence-corrected chi connectivity index (χ1v) is 6.75. The lowest BCUT2D eigenvalue weighted by Crippen LogP contribution is -2.25. The number of aryl methyl sites for hydroxylation is 1. The Hall–Kier alpha value is -2.50. The van der Waals surface area contributed by atoms with Gasteiger partial charge in [-0.2, -0.15) is 0 Å². The third-order valence-electron chi connectivity index (χ3n) is 2.74. The number of carbonyl (C=O) groups is 1. The zero-order valence-corrected chi connectivity index (χ0v) is 12.0. The Bertz CT molecular complexity index is 645. The zero-order chi connectivity index (χ0) is 15.2. The number of benzene rings is 1. The molecule has 6 heteroatoms. The summed E-state index contributed by atoms with van der Waals surface area (Å²) in [5, 5.41) is 5.61. The van der Waals surface area contributed by atoms with Crippen molar-refractivity contribution in [1.82, 2.24) is 15.3 Å². The Morgan fingerprint density at radius 2 is 2.05 bits per heavy atom. The molecule has 2 aromatic rings. The molecule has 0 spiro atoms. The van der Waals surface area contributed by atoms with Crippen LogP contribution in [0.15, 0.2) is 30.3 Å². The molecule has 0 atom stereocenters. The summed E-state index contributed by atoms with van der Waals surface area (Å²) in [7, 11) is 0. The average molecular weight is 288 g/mol. The molecule has 2 rings (SSSR count). The fourth-order valence-corrected chi connectivity index (χ4v) is 1.78. The highest BCUT2D eigenvalue weighted by atomic mass is 19.1. The predicted molar refractivity (Wildman–Crippen MR) is 79.1 cm³/mol. The number of amides is 1. The Morgan fingerprint density at radius 3 is 2.76 bits per heavy atom. The normalized spacial score (nSPS) is 10.2. The van der Waals surface area contributed by atoms with E-state index in [0.717, 1.165) is 6.42 Å². The third kappa shape index (κ3) is 3.98. The van der Waals surface area contributed by atoms with Crippen molar-refractivity contribution in [1.29, 1.82) is 0 Å². The van der Waals surface area contributed by atoms with Gasteiger partial charge in [-0.05, 0) is 25.5 Å². The highest BCUT2D eigenvalue weighted by Gasteiger charge is 2.10. The van der Waals surface area contributed by atoms with Crippen LogP contribution in [0.4, 0.5) is 15.9 Å². The predicted octanol–water partition coefficient (Wildman–Crippen LogP) is 2.81. The number of anilines is 2. The van der Waals surface area contributed by atoms with Gasteiger partial charge in [-0.25, -0.2) is 14.4 Å². The van der Waals surface area contributed by atoms with Gasteiger partial charge < -0.3 is 10.6 Å². The van der Waals surface area contributed by atoms with Crippen LogP contribution in [-0.2, 0) is 0 Å². The molecule has 110 valence electrons. The smallest absolute Gasteiger partial charge is 0.270 e.